The summed E-state index contributed by atoms with van der Waals surface area (Å²) in [5.74, 6) is 0. The topological polar surface area (TPSA) is 48.9 Å². The Morgan fingerprint density at radius 3 is 1.84 bits per heavy atom. The molecule has 3 heterocycles. The third-order valence-electron chi connectivity index (χ3n) is 4.98. The van der Waals surface area contributed by atoms with Crippen molar-refractivity contribution in [3.05, 3.63) is 98.9 Å². The second-order valence-electron chi connectivity index (χ2n) is 6.28. The number of nitrogens with zero attached hydrogens (tertiary/aromatic N) is 3. The SMILES string of the molecule is O=c1n(-c2ccccc2)c(=O)n2n1[C@@H]1C=C[C@@H]2C2=CC=CC=C1C2Br. The van der Waals surface area contributed by atoms with Gasteiger partial charge in [-0.1, -0.05) is 70.6 Å². The quantitative estimate of drug-likeness (QED) is 0.550. The van der Waals surface area contributed by atoms with Crippen LogP contribution in [0.1, 0.15) is 12.1 Å². The van der Waals surface area contributed by atoms with E-state index in [9.17, 15) is 9.59 Å². The van der Waals surface area contributed by atoms with Crippen LogP contribution in [-0.2, 0) is 0 Å². The number of hydrogen-bond acceptors (Lipinski definition) is 2. The number of para-hydroxylation sites is 1. The molecule has 25 heavy (non-hydrogen) atoms. The van der Waals surface area contributed by atoms with E-state index in [0.717, 1.165) is 11.1 Å². The number of hydrogen-bond donors (Lipinski definition) is 0. The molecule has 6 rings (SSSR count). The van der Waals surface area contributed by atoms with Crippen molar-refractivity contribution in [3.8, 4) is 5.69 Å². The summed E-state index contributed by atoms with van der Waals surface area (Å²) >= 11 is 3.75. The standard InChI is InChI=1S/C19H14BrN3O2/c20-17-13-8-4-5-9-14(17)16-11-10-15(13)22-18(24)21(19(25)23(16)22)12-6-2-1-3-7-12/h1-11,15-17H/t15-,16-/m1/s1. The van der Waals surface area contributed by atoms with Gasteiger partial charge in [-0.05, 0) is 23.3 Å². The number of rotatable bonds is 1. The van der Waals surface area contributed by atoms with Gasteiger partial charge in [0.2, 0.25) is 0 Å². The molecule has 6 heteroatoms. The molecule has 0 unspecified atom stereocenters. The monoisotopic (exact) mass is 395 g/mol. The predicted molar refractivity (Wildman–Crippen MR) is 99.5 cm³/mol. The Hall–Kier alpha value is -2.60. The fraction of sp³-hybridized carbons (Fsp3) is 0.158. The van der Waals surface area contributed by atoms with Gasteiger partial charge in [0.05, 0.1) is 22.6 Å². The summed E-state index contributed by atoms with van der Waals surface area (Å²) in [6.45, 7) is 0. The minimum Gasteiger partial charge on any atom is -0.245 e. The van der Waals surface area contributed by atoms with Crippen molar-refractivity contribution in [2.24, 2.45) is 0 Å². The smallest absolute Gasteiger partial charge is 0.245 e. The summed E-state index contributed by atoms with van der Waals surface area (Å²) in [6, 6.07) is 8.51. The van der Waals surface area contributed by atoms with E-state index in [0.29, 0.717) is 5.69 Å². The molecular formula is C19H14BrN3O2. The van der Waals surface area contributed by atoms with Crippen molar-refractivity contribution in [1.29, 1.82) is 0 Å². The van der Waals surface area contributed by atoms with Crippen molar-refractivity contribution in [3.63, 3.8) is 0 Å². The molecule has 0 N–H and O–H groups in total. The van der Waals surface area contributed by atoms with E-state index in [1.54, 1.807) is 21.5 Å². The van der Waals surface area contributed by atoms with E-state index < -0.39 is 0 Å². The zero-order valence-corrected chi connectivity index (χ0v) is 14.7. The number of allylic oxidation sites excluding steroid dienone is 8. The maximum absolute atomic E-state index is 13.1. The highest BCUT2D eigenvalue weighted by Crippen LogP contribution is 2.43. The molecule has 0 saturated heterocycles. The number of aromatic nitrogens is 3. The maximum Gasteiger partial charge on any atom is 0.352 e. The van der Waals surface area contributed by atoms with E-state index in [-0.39, 0.29) is 28.3 Å². The van der Waals surface area contributed by atoms with Crippen LogP contribution in [0, 0.1) is 0 Å². The van der Waals surface area contributed by atoms with Crippen molar-refractivity contribution < 1.29 is 0 Å². The van der Waals surface area contributed by atoms with Crippen molar-refractivity contribution in [1.82, 2.24) is 13.9 Å². The zero-order valence-electron chi connectivity index (χ0n) is 13.1. The van der Waals surface area contributed by atoms with Crippen molar-refractivity contribution in [2.45, 2.75) is 16.9 Å². The first-order valence-electron chi connectivity index (χ1n) is 8.10. The fourth-order valence-corrected chi connectivity index (χ4v) is 4.69. The van der Waals surface area contributed by atoms with Gasteiger partial charge in [0, 0.05) is 0 Å². The van der Waals surface area contributed by atoms with E-state index in [4.69, 9.17) is 0 Å². The van der Waals surface area contributed by atoms with Gasteiger partial charge in [0.1, 0.15) is 0 Å². The summed E-state index contributed by atoms with van der Waals surface area (Å²) in [5, 5.41) is 0. The Balaban J connectivity index is 1.86. The summed E-state index contributed by atoms with van der Waals surface area (Å²) in [7, 11) is 0. The van der Waals surface area contributed by atoms with E-state index in [1.807, 2.05) is 54.7 Å². The Morgan fingerprint density at radius 1 is 0.800 bits per heavy atom. The molecule has 2 atom stereocenters. The van der Waals surface area contributed by atoms with Crippen LogP contribution < -0.4 is 11.4 Å². The first-order valence-corrected chi connectivity index (χ1v) is 9.02. The third-order valence-corrected chi connectivity index (χ3v) is 6.04. The summed E-state index contributed by atoms with van der Waals surface area (Å²) in [4.78, 5) is 26.3. The largest absolute Gasteiger partial charge is 0.352 e. The molecule has 124 valence electrons. The molecular weight excluding hydrogens is 382 g/mol. The number of alkyl halides is 1. The van der Waals surface area contributed by atoms with Crippen molar-refractivity contribution >= 4 is 15.9 Å². The van der Waals surface area contributed by atoms with Gasteiger partial charge in [0.15, 0.2) is 0 Å². The van der Waals surface area contributed by atoms with E-state index in [2.05, 4.69) is 15.9 Å². The van der Waals surface area contributed by atoms with Crippen LogP contribution in [0.25, 0.3) is 5.69 Å². The number of halogens is 1. The molecule has 1 aromatic carbocycles. The molecule has 0 spiro atoms. The average Bonchev–Trinajstić information content (AvgIpc) is 2.77. The predicted octanol–water partition coefficient (Wildman–Crippen LogP) is 2.65. The van der Waals surface area contributed by atoms with Crippen LogP contribution in [0.2, 0.25) is 0 Å². The minimum absolute atomic E-state index is 0.00359. The van der Waals surface area contributed by atoms with Crippen LogP contribution in [-0.4, -0.2) is 18.8 Å². The van der Waals surface area contributed by atoms with Gasteiger partial charge in [0.25, 0.3) is 0 Å². The maximum atomic E-state index is 13.1. The highest BCUT2D eigenvalue weighted by molar-refractivity contribution is 9.09. The van der Waals surface area contributed by atoms with Gasteiger partial charge >= 0.3 is 11.4 Å². The molecule has 5 nitrogen and oxygen atoms in total. The molecule has 2 aliphatic carbocycles. The first-order chi connectivity index (χ1) is 12.2. The lowest BCUT2D eigenvalue weighted by molar-refractivity contribution is 0.414. The molecule has 4 aliphatic rings. The van der Waals surface area contributed by atoms with E-state index in [1.165, 1.54) is 4.57 Å². The molecule has 4 bridgehead atoms. The molecule has 0 radical (unpaired) electrons. The molecule has 0 fully saturated rings. The van der Waals surface area contributed by atoms with Crippen LogP contribution in [0.5, 0.6) is 0 Å². The molecule has 1 aromatic heterocycles. The molecule has 2 aliphatic heterocycles. The second-order valence-corrected chi connectivity index (χ2v) is 7.20. The number of benzene rings is 1. The van der Waals surface area contributed by atoms with Gasteiger partial charge in [-0.2, -0.15) is 0 Å². The van der Waals surface area contributed by atoms with Crippen LogP contribution in [0.4, 0.5) is 0 Å². The Bertz CT molecular complexity index is 1050. The second kappa shape index (κ2) is 5.20. The lowest BCUT2D eigenvalue weighted by Crippen LogP contribution is -2.34. The van der Waals surface area contributed by atoms with Gasteiger partial charge in [-0.3, -0.25) is 0 Å². The van der Waals surface area contributed by atoms with Crippen LogP contribution in [0.15, 0.2) is 87.5 Å². The summed E-state index contributed by atoms with van der Waals surface area (Å²) in [6.07, 6.45) is 12.0. The lowest BCUT2D eigenvalue weighted by Gasteiger charge is -2.23. The Labute approximate surface area is 151 Å². The van der Waals surface area contributed by atoms with Crippen molar-refractivity contribution in [2.75, 3.05) is 0 Å². The highest BCUT2D eigenvalue weighted by atomic mass is 79.9. The van der Waals surface area contributed by atoms with Gasteiger partial charge in [-0.25, -0.2) is 23.5 Å². The van der Waals surface area contributed by atoms with Gasteiger partial charge in [-0.15, -0.1) is 0 Å². The Kier molecular flexibility index (Phi) is 3.06. The Morgan fingerprint density at radius 2 is 1.32 bits per heavy atom. The zero-order chi connectivity index (χ0) is 17.1. The molecule has 2 aromatic rings. The molecule has 0 amide bonds. The van der Waals surface area contributed by atoms with Crippen LogP contribution >= 0.6 is 15.9 Å². The van der Waals surface area contributed by atoms with Crippen LogP contribution in [0.3, 0.4) is 0 Å². The first kappa shape index (κ1) is 14.7. The fourth-order valence-electron chi connectivity index (χ4n) is 3.84. The average molecular weight is 396 g/mol. The third kappa shape index (κ3) is 1.88. The minimum atomic E-state index is -0.313. The summed E-state index contributed by atoms with van der Waals surface area (Å²) in [5.41, 5.74) is 2.07. The molecule has 0 saturated carbocycles. The van der Waals surface area contributed by atoms with Gasteiger partial charge < -0.3 is 0 Å². The lowest BCUT2D eigenvalue weighted by atomic mass is 10.0. The summed E-state index contributed by atoms with van der Waals surface area (Å²) < 4.78 is 4.42. The highest BCUT2D eigenvalue weighted by Gasteiger charge is 2.40. The normalized spacial score (nSPS) is 25.9. The van der Waals surface area contributed by atoms with E-state index >= 15 is 0 Å².